The highest BCUT2D eigenvalue weighted by atomic mass is 35.5. The predicted molar refractivity (Wildman–Crippen MR) is 160 cm³/mol. The lowest BCUT2D eigenvalue weighted by Gasteiger charge is -2.28. The van der Waals surface area contributed by atoms with Crippen molar-refractivity contribution in [3.05, 3.63) is 59.2 Å². The Morgan fingerprint density at radius 1 is 0.892 bits per heavy atom. The van der Waals surface area contributed by atoms with Crippen LogP contribution in [0.4, 0.5) is 0 Å². The first-order chi connectivity index (χ1) is 17.6. The van der Waals surface area contributed by atoms with Crippen LogP contribution >= 0.6 is 24.2 Å². The molecular formula is C32H48ClNO2S. The summed E-state index contributed by atoms with van der Waals surface area (Å²) in [4.78, 5) is 3.54. The van der Waals surface area contributed by atoms with E-state index in [2.05, 4.69) is 68.1 Å². The average Bonchev–Trinajstić information content (AvgIpc) is 3.49. The highest BCUT2D eigenvalue weighted by Crippen LogP contribution is 2.53. The van der Waals surface area contributed by atoms with Gasteiger partial charge in [0.25, 0.3) is 0 Å². The van der Waals surface area contributed by atoms with Gasteiger partial charge in [-0.1, -0.05) is 82.1 Å². The molecule has 1 N–H and O–H groups in total. The van der Waals surface area contributed by atoms with Crippen LogP contribution in [0, 0.1) is 0 Å². The van der Waals surface area contributed by atoms with Crippen molar-refractivity contribution in [2.24, 2.45) is 0 Å². The highest BCUT2D eigenvalue weighted by molar-refractivity contribution is 8.00. The molecule has 0 aliphatic carbocycles. The zero-order valence-corrected chi connectivity index (χ0v) is 24.8. The molecule has 0 bridgehead atoms. The molecule has 2 aliphatic rings. The van der Waals surface area contributed by atoms with Crippen LogP contribution < -0.4 is 4.74 Å². The number of fused-ring (bicyclic) bond motifs is 1. The van der Waals surface area contributed by atoms with E-state index in [0.29, 0.717) is 12.1 Å². The molecule has 2 unspecified atom stereocenters. The van der Waals surface area contributed by atoms with Gasteiger partial charge < -0.3 is 9.84 Å². The molecule has 2 aromatic rings. The average molecular weight is 546 g/mol. The number of aliphatic hydroxyl groups is 1. The topological polar surface area (TPSA) is 32.7 Å². The molecular weight excluding hydrogens is 498 g/mol. The number of rotatable bonds is 14. The van der Waals surface area contributed by atoms with Gasteiger partial charge >= 0.3 is 0 Å². The summed E-state index contributed by atoms with van der Waals surface area (Å²) in [5.41, 5.74) is 4.20. The maximum atomic E-state index is 10.4. The molecule has 37 heavy (non-hydrogen) atoms. The molecule has 3 nitrogen and oxygen atoms in total. The van der Waals surface area contributed by atoms with Gasteiger partial charge in [-0.3, -0.25) is 4.90 Å². The first-order valence-electron chi connectivity index (χ1n) is 14.6. The van der Waals surface area contributed by atoms with Gasteiger partial charge in [-0.2, -0.15) is 0 Å². The third-order valence-corrected chi connectivity index (χ3v) is 9.58. The smallest absolute Gasteiger partial charge is 0.159 e. The minimum Gasteiger partial charge on any atom is -0.475 e. The SMILES string of the molecule is CCCCc1ccc(CCC2CCC(c3ccc4c(c3)SC(CCCC)(CCCC)O4)N2CO)cc1.Cl. The maximum absolute atomic E-state index is 10.4. The monoisotopic (exact) mass is 545 g/mol. The standard InChI is InChI=1S/C32H47NO2S.ClH/c1-4-7-10-25-11-13-26(14-12-25)15-17-28-18-19-29(33(28)24-34)27-16-20-30-31(23-27)36-32(35-30,21-8-5-2)22-9-6-3;/h11-14,16,20,23,28-29,34H,4-10,15,17-19,21-22,24H2,1-3H3;1H. The Hall–Kier alpha value is -1.20. The number of aliphatic hydroxyl groups excluding tert-OH is 1. The quantitative estimate of drug-likeness (QED) is 0.256. The molecule has 2 atom stereocenters. The Labute approximate surface area is 236 Å². The number of nitrogens with zero attached hydrogens (tertiary/aromatic N) is 1. The normalized spacial score (nSPS) is 20.4. The van der Waals surface area contributed by atoms with E-state index in [1.54, 1.807) is 0 Å². The lowest BCUT2D eigenvalue weighted by molar-refractivity contribution is 0.0596. The van der Waals surface area contributed by atoms with Crippen molar-refractivity contribution in [1.29, 1.82) is 0 Å². The van der Waals surface area contributed by atoms with Crippen molar-refractivity contribution in [3.63, 3.8) is 0 Å². The summed E-state index contributed by atoms with van der Waals surface area (Å²) >= 11 is 1.96. The number of unbranched alkanes of at least 4 members (excludes halogenated alkanes) is 3. The Morgan fingerprint density at radius 2 is 1.54 bits per heavy atom. The molecule has 2 heterocycles. The fourth-order valence-corrected chi connectivity index (χ4v) is 7.37. The van der Waals surface area contributed by atoms with E-state index in [1.807, 2.05) is 11.8 Å². The molecule has 1 saturated heterocycles. The first kappa shape index (κ1) is 30.3. The molecule has 0 amide bonds. The Kier molecular flexibility index (Phi) is 12.2. The van der Waals surface area contributed by atoms with Crippen molar-refractivity contribution in [2.45, 2.75) is 126 Å². The fraction of sp³-hybridized carbons (Fsp3) is 0.625. The van der Waals surface area contributed by atoms with Gasteiger partial charge in [0.05, 0.1) is 11.6 Å². The van der Waals surface area contributed by atoms with Gasteiger partial charge in [0.1, 0.15) is 5.75 Å². The largest absolute Gasteiger partial charge is 0.475 e. The van der Waals surface area contributed by atoms with Crippen LogP contribution in [0.3, 0.4) is 0 Å². The second kappa shape index (κ2) is 14.8. The number of hydrogen-bond acceptors (Lipinski definition) is 4. The molecule has 1 fully saturated rings. The minimum absolute atomic E-state index is 0. The van der Waals surface area contributed by atoms with Crippen LogP contribution in [-0.4, -0.2) is 27.7 Å². The van der Waals surface area contributed by atoms with Crippen molar-refractivity contribution < 1.29 is 9.84 Å². The summed E-state index contributed by atoms with van der Waals surface area (Å²) in [5.74, 6) is 1.06. The van der Waals surface area contributed by atoms with Crippen LogP contribution in [-0.2, 0) is 12.8 Å². The van der Waals surface area contributed by atoms with E-state index in [0.717, 1.165) is 44.3 Å². The van der Waals surface area contributed by atoms with Crippen LogP contribution in [0.1, 0.15) is 114 Å². The van der Waals surface area contributed by atoms with E-state index >= 15 is 0 Å². The number of aryl methyl sites for hydroxylation is 2. The number of thioether (sulfide) groups is 1. The van der Waals surface area contributed by atoms with Gasteiger partial charge in [0, 0.05) is 12.1 Å². The molecule has 2 aromatic carbocycles. The number of benzene rings is 2. The third-order valence-electron chi connectivity index (χ3n) is 8.18. The van der Waals surface area contributed by atoms with Crippen LogP contribution in [0.25, 0.3) is 0 Å². The zero-order valence-electron chi connectivity index (χ0n) is 23.2. The van der Waals surface area contributed by atoms with Crippen molar-refractivity contribution in [1.82, 2.24) is 4.90 Å². The summed E-state index contributed by atoms with van der Waals surface area (Å²) in [6.45, 7) is 6.91. The van der Waals surface area contributed by atoms with Crippen molar-refractivity contribution in [3.8, 4) is 5.75 Å². The predicted octanol–water partition coefficient (Wildman–Crippen LogP) is 9.10. The van der Waals surface area contributed by atoms with Gasteiger partial charge in [-0.05, 0) is 93.0 Å². The summed E-state index contributed by atoms with van der Waals surface area (Å²) in [6.07, 6.45) is 15.2. The Balaban J connectivity index is 0.00000380. The van der Waals surface area contributed by atoms with E-state index in [-0.39, 0.29) is 24.1 Å². The van der Waals surface area contributed by atoms with E-state index in [1.165, 1.54) is 66.5 Å². The molecule has 0 saturated carbocycles. The Bertz CT molecular complexity index is 942. The number of halogens is 1. The van der Waals surface area contributed by atoms with Gasteiger partial charge in [0.2, 0.25) is 0 Å². The zero-order chi connectivity index (χ0) is 25.4. The summed E-state index contributed by atoms with van der Waals surface area (Å²) in [7, 11) is 0. The van der Waals surface area contributed by atoms with Crippen molar-refractivity contribution >= 4 is 24.2 Å². The maximum Gasteiger partial charge on any atom is 0.159 e. The third kappa shape index (κ3) is 7.68. The summed E-state index contributed by atoms with van der Waals surface area (Å²) in [5, 5.41) is 10.4. The van der Waals surface area contributed by atoms with E-state index < -0.39 is 0 Å². The fourth-order valence-electron chi connectivity index (χ4n) is 5.94. The van der Waals surface area contributed by atoms with Crippen LogP contribution in [0.2, 0.25) is 0 Å². The van der Waals surface area contributed by atoms with Crippen LogP contribution in [0.15, 0.2) is 47.4 Å². The van der Waals surface area contributed by atoms with Gasteiger partial charge in [-0.25, -0.2) is 0 Å². The highest BCUT2D eigenvalue weighted by Gasteiger charge is 2.40. The Morgan fingerprint density at radius 3 is 2.16 bits per heavy atom. The molecule has 0 spiro atoms. The second-order valence-electron chi connectivity index (χ2n) is 10.9. The second-order valence-corrected chi connectivity index (χ2v) is 12.3. The van der Waals surface area contributed by atoms with E-state index in [4.69, 9.17) is 4.74 Å². The molecule has 206 valence electrons. The number of likely N-dealkylation sites (tertiary alicyclic amines) is 1. The van der Waals surface area contributed by atoms with Crippen molar-refractivity contribution in [2.75, 3.05) is 6.73 Å². The molecule has 4 rings (SSSR count). The molecule has 0 radical (unpaired) electrons. The molecule has 0 aromatic heterocycles. The number of ether oxygens (including phenoxy) is 1. The first-order valence-corrected chi connectivity index (χ1v) is 15.4. The van der Waals surface area contributed by atoms with Gasteiger partial charge in [0.15, 0.2) is 4.93 Å². The van der Waals surface area contributed by atoms with E-state index in [9.17, 15) is 5.11 Å². The van der Waals surface area contributed by atoms with Gasteiger partial charge in [-0.15, -0.1) is 12.4 Å². The number of hydrogen-bond donors (Lipinski definition) is 1. The summed E-state index contributed by atoms with van der Waals surface area (Å²) < 4.78 is 6.61. The lowest BCUT2D eigenvalue weighted by Crippen LogP contribution is -2.32. The van der Waals surface area contributed by atoms with Crippen LogP contribution in [0.5, 0.6) is 5.75 Å². The minimum atomic E-state index is -0.0893. The summed E-state index contributed by atoms with van der Waals surface area (Å²) in [6, 6.07) is 16.8. The molecule has 2 aliphatic heterocycles. The lowest BCUT2D eigenvalue weighted by atomic mass is 10.0. The molecule has 5 heteroatoms.